The van der Waals surface area contributed by atoms with Crippen molar-refractivity contribution >= 4 is 11.7 Å². The van der Waals surface area contributed by atoms with Crippen molar-refractivity contribution in [2.75, 3.05) is 18.0 Å². The maximum atomic E-state index is 13.5. The summed E-state index contributed by atoms with van der Waals surface area (Å²) in [5, 5.41) is 8.98. The van der Waals surface area contributed by atoms with Crippen molar-refractivity contribution < 1.29 is 9.18 Å². The molecule has 0 N–H and O–H groups in total. The Bertz CT molecular complexity index is 946. The minimum Gasteiger partial charge on any atom is -0.356 e. The lowest BCUT2D eigenvalue weighted by molar-refractivity contribution is 0.0750. The largest absolute Gasteiger partial charge is 0.356 e. The van der Waals surface area contributed by atoms with Gasteiger partial charge in [-0.25, -0.2) is 14.4 Å². The highest BCUT2D eigenvalue weighted by molar-refractivity contribution is 5.95. The number of carbonyl (C=O) groups excluding carboxylic acids is 1. The van der Waals surface area contributed by atoms with E-state index in [2.05, 4.69) is 21.8 Å². The monoisotopic (exact) mass is 351 g/mol. The second-order valence-corrected chi connectivity index (χ2v) is 7.00. The summed E-state index contributed by atoms with van der Waals surface area (Å²) >= 11 is 0. The van der Waals surface area contributed by atoms with E-state index in [4.69, 9.17) is 5.26 Å². The Labute approximate surface area is 150 Å². The molecule has 0 spiro atoms. The fraction of sp³-hybridized carbons (Fsp3) is 0.368. The molecule has 0 unspecified atom stereocenters. The first kappa shape index (κ1) is 16.5. The number of hydrogen-bond donors (Lipinski definition) is 0. The van der Waals surface area contributed by atoms with Crippen LogP contribution in [0.25, 0.3) is 0 Å². The van der Waals surface area contributed by atoms with Gasteiger partial charge in [-0.1, -0.05) is 6.92 Å². The summed E-state index contributed by atoms with van der Waals surface area (Å²) < 4.78 is 13.5. The summed E-state index contributed by atoms with van der Waals surface area (Å²) in [5.41, 5.74) is 2.03. The third kappa shape index (κ3) is 2.68. The first-order valence-electron chi connectivity index (χ1n) is 8.56. The third-order valence-electron chi connectivity index (χ3n) is 4.86. The van der Waals surface area contributed by atoms with Gasteiger partial charge in [0.2, 0.25) is 0 Å². The Morgan fingerprint density at radius 2 is 2.08 bits per heavy atom. The number of amides is 1. The van der Waals surface area contributed by atoms with Crippen molar-refractivity contribution in [3.63, 3.8) is 0 Å². The number of rotatable bonds is 2. The number of nitrogens with zero attached hydrogens (tertiary/aromatic N) is 5. The van der Waals surface area contributed by atoms with E-state index in [9.17, 15) is 9.18 Å². The van der Waals surface area contributed by atoms with E-state index in [0.29, 0.717) is 30.4 Å². The Morgan fingerprint density at radius 3 is 2.77 bits per heavy atom. The average Bonchev–Trinajstić information content (AvgIpc) is 3.02. The van der Waals surface area contributed by atoms with Gasteiger partial charge in [-0.3, -0.25) is 4.79 Å². The summed E-state index contributed by atoms with van der Waals surface area (Å²) in [4.78, 5) is 25.8. The summed E-state index contributed by atoms with van der Waals surface area (Å²) in [6.45, 7) is 6.79. The number of aromatic nitrogens is 2. The second kappa shape index (κ2) is 6.06. The minimum atomic E-state index is -0.621. The van der Waals surface area contributed by atoms with Crippen LogP contribution in [0.1, 0.15) is 39.9 Å². The first-order chi connectivity index (χ1) is 12.5. The van der Waals surface area contributed by atoms with Gasteiger partial charge in [0.05, 0.1) is 24.3 Å². The molecular weight excluding hydrogens is 333 g/mol. The number of fused-ring (bicyclic) bond motifs is 1. The van der Waals surface area contributed by atoms with Crippen LogP contribution in [-0.2, 0) is 13.1 Å². The van der Waals surface area contributed by atoms with Crippen molar-refractivity contribution in [2.45, 2.75) is 26.9 Å². The van der Waals surface area contributed by atoms with Crippen LogP contribution < -0.4 is 4.90 Å². The van der Waals surface area contributed by atoms with Crippen LogP contribution in [-0.4, -0.2) is 33.9 Å². The number of hydrogen-bond acceptors (Lipinski definition) is 5. The molecule has 0 bridgehead atoms. The van der Waals surface area contributed by atoms with Gasteiger partial charge in [0, 0.05) is 24.2 Å². The third-order valence-corrected chi connectivity index (χ3v) is 4.86. The summed E-state index contributed by atoms with van der Waals surface area (Å²) in [6.07, 6.45) is 0. The van der Waals surface area contributed by atoms with Crippen molar-refractivity contribution in [1.82, 2.24) is 14.9 Å². The zero-order chi connectivity index (χ0) is 18.4. The number of aryl methyl sites for hydroxylation is 1. The minimum absolute atomic E-state index is 0.126. The molecule has 132 valence electrons. The van der Waals surface area contributed by atoms with Crippen LogP contribution in [0.5, 0.6) is 0 Å². The SMILES string of the molecule is Cc1nc2c(c(N3CC(C)C3)n1)CN(C(=O)c1ccc(F)c(C#N)c1)C2. The maximum Gasteiger partial charge on any atom is 0.254 e. The van der Waals surface area contributed by atoms with Gasteiger partial charge in [0.1, 0.15) is 23.5 Å². The lowest BCUT2D eigenvalue weighted by Crippen LogP contribution is -2.46. The predicted octanol–water partition coefficient (Wildman–Crippen LogP) is 2.41. The fourth-order valence-electron chi connectivity index (χ4n) is 3.56. The van der Waals surface area contributed by atoms with Crippen LogP contribution in [0, 0.1) is 30.0 Å². The number of nitriles is 1. The van der Waals surface area contributed by atoms with Crippen molar-refractivity contribution in [1.29, 1.82) is 5.26 Å². The molecule has 2 aromatic rings. The molecule has 1 amide bonds. The standard InChI is InChI=1S/C19H18FN5O/c1-11-7-24(8-11)18-15-9-25(10-17(15)22-12(2)23-18)19(26)13-3-4-16(20)14(5-13)6-21/h3-5,11H,7-10H2,1-2H3. The van der Waals surface area contributed by atoms with E-state index >= 15 is 0 Å². The van der Waals surface area contributed by atoms with Gasteiger partial charge in [0.15, 0.2) is 0 Å². The smallest absolute Gasteiger partial charge is 0.254 e. The molecule has 1 fully saturated rings. The lowest BCUT2D eigenvalue weighted by Gasteiger charge is -2.39. The van der Waals surface area contributed by atoms with Crippen LogP contribution >= 0.6 is 0 Å². The molecule has 2 aliphatic rings. The predicted molar refractivity (Wildman–Crippen MR) is 92.8 cm³/mol. The van der Waals surface area contributed by atoms with Crippen molar-refractivity contribution in [3.05, 3.63) is 52.2 Å². The molecule has 0 atom stereocenters. The highest BCUT2D eigenvalue weighted by atomic mass is 19.1. The summed E-state index contributed by atoms with van der Waals surface area (Å²) in [7, 11) is 0. The molecule has 6 nitrogen and oxygen atoms in total. The Kier molecular flexibility index (Phi) is 3.83. The van der Waals surface area contributed by atoms with E-state index in [-0.39, 0.29) is 11.5 Å². The topological polar surface area (TPSA) is 73.1 Å². The molecule has 4 rings (SSSR count). The molecular formula is C19H18FN5O. The van der Waals surface area contributed by atoms with E-state index in [1.807, 2.05) is 6.92 Å². The normalized spacial score (nSPS) is 16.2. The summed E-state index contributed by atoms with van der Waals surface area (Å²) in [5.74, 6) is 1.40. The lowest BCUT2D eigenvalue weighted by atomic mass is 10.0. The maximum absolute atomic E-state index is 13.5. The molecule has 2 aliphatic heterocycles. The molecule has 0 saturated carbocycles. The molecule has 26 heavy (non-hydrogen) atoms. The van der Waals surface area contributed by atoms with E-state index < -0.39 is 5.82 Å². The van der Waals surface area contributed by atoms with Crippen LogP contribution in [0.2, 0.25) is 0 Å². The highest BCUT2D eigenvalue weighted by Gasteiger charge is 2.33. The molecule has 1 aromatic heterocycles. The fourth-order valence-corrected chi connectivity index (χ4v) is 3.56. The zero-order valence-electron chi connectivity index (χ0n) is 14.7. The van der Waals surface area contributed by atoms with Gasteiger partial charge in [-0.2, -0.15) is 5.26 Å². The van der Waals surface area contributed by atoms with Gasteiger partial charge >= 0.3 is 0 Å². The quantitative estimate of drug-likeness (QED) is 0.831. The molecule has 7 heteroatoms. The molecule has 3 heterocycles. The van der Waals surface area contributed by atoms with E-state index in [1.165, 1.54) is 12.1 Å². The average molecular weight is 351 g/mol. The number of carbonyl (C=O) groups is 1. The molecule has 0 aliphatic carbocycles. The Balaban J connectivity index is 1.62. The van der Waals surface area contributed by atoms with Gasteiger partial charge in [0.25, 0.3) is 5.91 Å². The van der Waals surface area contributed by atoms with Crippen LogP contribution in [0.3, 0.4) is 0 Å². The number of benzene rings is 1. The van der Waals surface area contributed by atoms with Gasteiger partial charge in [-0.05, 0) is 31.0 Å². The molecule has 0 radical (unpaired) electrons. The van der Waals surface area contributed by atoms with Crippen molar-refractivity contribution in [3.8, 4) is 6.07 Å². The number of anilines is 1. The van der Waals surface area contributed by atoms with Gasteiger partial charge < -0.3 is 9.80 Å². The van der Waals surface area contributed by atoms with E-state index in [0.717, 1.165) is 36.2 Å². The zero-order valence-corrected chi connectivity index (χ0v) is 14.7. The Morgan fingerprint density at radius 1 is 1.31 bits per heavy atom. The van der Waals surface area contributed by atoms with Crippen molar-refractivity contribution in [2.24, 2.45) is 5.92 Å². The first-order valence-corrected chi connectivity index (χ1v) is 8.56. The molecule has 1 saturated heterocycles. The van der Waals surface area contributed by atoms with Gasteiger partial charge in [-0.15, -0.1) is 0 Å². The molecule has 1 aromatic carbocycles. The Hall–Kier alpha value is -3.01. The van der Waals surface area contributed by atoms with Crippen LogP contribution in [0.4, 0.5) is 10.2 Å². The second-order valence-electron chi connectivity index (χ2n) is 7.00. The highest BCUT2D eigenvalue weighted by Crippen LogP contribution is 2.33. The van der Waals surface area contributed by atoms with E-state index in [1.54, 1.807) is 11.0 Å². The summed E-state index contributed by atoms with van der Waals surface area (Å²) in [6, 6.07) is 5.65. The number of halogens is 1. The van der Waals surface area contributed by atoms with Crippen LogP contribution in [0.15, 0.2) is 18.2 Å².